The summed E-state index contributed by atoms with van der Waals surface area (Å²) in [6.07, 6.45) is 3.79. The van der Waals surface area contributed by atoms with Crippen molar-refractivity contribution in [3.05, 3.63) is 0 Å². The van der Waals surface area contributed by atoms with Crippen molar-refractivity contribution in [1.82, 2.24) is 5.32 Å². The van der Waals surface area contributed by atoms with E-state index in [0.29, 0.717) is 0 Å². The molecule has 7 heteroatoms. The normalized spacial score (nSPS) is 16.8. The highest BCUT2D eigenvalue weighted by Crippen LogP contribution is 2.43. The second-order valence-corrected chi connectivity index (χ2v) is 5.32. The molecule has 0 spiro atoms. The number of carbonyl (C=O) groups is 3. The van der Waals surface area contributed by atoms with E-state index in [9.17, 15) is 14.4 Å². The summed E-state index contributed by atoms with van der Waals surface area (Å²) in [5.41, 5.74) is 4.50. The molecule has 0 bridgehead atoms. The SMILES string of the molecule is NC(=O)COCCNC(=O)CC1(CC(=O)O)CCCC1. The van der Waals surface area contributed by atoms with Gasteiger partial charge in [0.05, 0.1) is 13.0 Å². The number of hydrogen-bond acceptors (Lipinski definition) is 4. The van der Waals surface area contributed by atoms with E-state index in [1.807, 2.05) is 0 Å². The summed E-state index contributed by atoms with van der Waals surface area (Å²) < 4.78 is 4.92. The average Bonchev–Trinajstić information content (AvgIpc) is 2.75. The van der Waals surface area contributed by atoms with Gasteiger partial charge < -0.3 is 20.9 Å². The molecule has 2 amide bonds. The van der Waals surface area contributed by atoms with Gasteiger partial charge in [-0.3, -0.25) is 14.4 Å². The van der Waals surface area contributed by atoms with E-state index < -0.39 is 17.3 Å². The topological polar surface area (TPSA) is 119 Å². The lowest BCUT2D eigenvalue weighted by Gasteiger charge is -2.26. The number of ether oxygens (including phenoxy) is 1. The lowest BCUT2D eigenvalue weighted by molar-refractivity contribution is -0.140. The highest BCUT2D eigenvalue weighted by molar-refractivity contribution is 5.78. The number of nitrogens with two attached hydrogens (primary N) is 1. The first-order chi connectivity index (χ1) is 9.43. The molecule has 0 aromatic carbocycles. The molecule has 0 aromatic rings. The third-order valence-corrected chi connectivity index (χ3v) is 3.54. The van der Waals surface area contributed by atoms with E-state index in [4.69, 9.17) is 15.6 Å². The second kappa shape index (κ2) is 7.84. The molecule has 0 atom stereocenters. The van der Waals surface area contributed by atoms with E-state index in [0.717, 1.165) is 25.7 Å². The summed E-state index contributed by atoms with van der Waals surface area (Å²) in [5.74, 6) is -1.58. The molecule has 20 heavy (non-hydrogen) atoms. The molecule has 7 nitrogen and oxygen atoms in total. The zero-order chi connectivity index (χ0) is 15.0. The highest BCUT2D eigenvalue weighted by Gasteiger charge is 2.37. The van der Waals surface area contributed by atoms with Crippen molar-refractivity contribution >= 4 is 17.8 Å². The molecule has 0 aromatic heterocycles. The fourth-order valence-corrected chi connectivity index (χ4v) is 2.70. The van der Waals surface area contributed by atoms with E-state index in [1.165, 1.54) is 0 Å². The fraction of sp³-hybridized carbons (Fsp3) is 0.769. The lowest BCUT2D eigenvalue weighted by atomic mass is 9.79. The van der Waals surface area contributed by atoms with E-state index >= 15 is 0 Å². The van der Waals surface area contributed by atoms with Gasteiger partial charge >= 0.3 is 5.97 Å². The smallest absolute Gasteiger partial charge is 0.303 e. The first-order valence-electron chi connectivity index (χ1n) is 6.78. The van der Waals surface area contributed by atoms with Gasteiger partial charge in [0, 0.05) is 13.0 Å². The predicted octanol–water partition coefficient (Wildman–Crippen LogP) is 0.0297. The number of carboxylic acid groups (broad SMARTS) is 1. The molecular formula is C13H22N2O5. The quantitative estimate of drug-likeness (QED) is 0.517. The van der Waals surface area contributed by atoms with Crippen LogP contribution in [0.5, 0.6) is 0 Å². The van der Waals surface area contributed by atoms with Crippen LogP contribution < -0.4 is 11.1 Å². The number of carboxylic acids is 1. The third kappa shape index (κ3) is 6.01. The Hall–Kier alpha value is -1.63. The van der Waals surface area contributed by atoms with E-state index in [-0.39, 0.29) is 38.5 Å². The first kappa shape index (κ1) is 16.4. The summed E-state index contributed by atoms with van der Waals surface area (Å²) in [7, 11) is 0. The first-order valence-corrected chi connectivity index (χ1v) is 6.78. The molecule has 114 valence electrons. The van der Waals surface area contributed by atoms with Gasteiger partial charge in [-0.25, -0.2) is 0 Å². The Labute approximate surface area is 117 Å². The standard InChI is InChI=1S/C13H22N2O5/c14-10(16)9-20-6-5-15-11(17)7-13(8-12(18)19)3-1-2-4-13/h1-9H2,(H2,14,16)(H,15,17)(H,18,19). The van der Waals surface area contributed by atoms with Gasteiger partial charge in [-0.15, -0.1) is 0 Å². The fourth-order valence-electron chi connectivity index (χ4n) is 2.70. The van der Waals surface area contributed by atoms with Crippen molar-refractivity contribution in [3.8, 4) is 0 Å². The number of hydrogen-bond donors (Lipinski definition) is 3. The zero-order valence-corrected chi connectivity index (χ0v) is 11.5. The van der Waals surface area contributed by atoms with Crippen molar-refractivity contribution in [2.75, 3.05) is 19.8 Å². The van der Waals surface area contributed by atoms with Gasteiger partial charge in [-0.2, -0.15) is 0 Å². The molecule has 1 rings (SSSR count). The summed E-state index contributed by atoms with van der Waals surface area (Å²) in [6, 6.07) is 0. The molecular weight excluding hydrogens is 264 g/mol. The largest absolute Gasteiger partial charge is 0.481 e. The number of nitrogens with one attached hydrogen (secondary N) is 1. The Morgan fingerprint density at radius 2 is 1.85 bits per heavy atom. The summed E-state index contributed by atoms with van der Waals surface area (Å²) >= 11 is 0. The third-order valence-electron chi connectivity index (χ3n) is 3.54. The molecule has 0 unspecified atom stereocenters. The van der Waals surface area contributed by atoms with Crippen LogP contribution in [0.4, 0.5) is 0 Å². The molecule has 0 saturated heterocycles. The molecule has 1 saturated carbocycles. The van der Waals surface area contributed by atoms with Crippen LogP contribution in [0, 0.1) is 5.41 Å². The summed E-state index contributed by atoms with van der Waals surface area (Å²) in [6.45, 7) is 0.328. The van der Waals surface area contributed by atoms with Crippen LogP contribution in [-0.2, 0) is 19.1 Å². The van der Waals surface area contributed by atoms with E-state index in [2.05, 4.69) is 5.32 Å². The summed E-state index contributed by atoms with van der Waals surface area (Å²) in [5, 5.41) is 11.6. The van der Waals surface area contributed by atoms with Crippen LogP contribution in [0.3, 0.4) is 0 Å². The van der Waals surface area contributed by atoms with Crippen LogP contribution >= 0.6 is 0 Å². The Morgan fingerprint density at radius 3 is 2.40 bits per heavy atom. The number of aliphatic carboxylic acids is 1. The Balaban J connectivity index is 2.28. The molecule has 0 aliphatic heterocycles. The molecule has 1 aliphatic rings. The van der Waals surface area contributed by atoms with Crippen molar-refractivity contribution in [2.45, 2.75) is 38.5 Å². The minimum Gasteiger partial charge on any atom is -0.481 e. The maximum Gasteiger partial charge on any atom is 0.303 e. The number of carbonyl (C=O) groups excluding carboxylic acids is 2. The van der Waals surface area contributed by atoms with Crippen molar-refractivity contribution in [2.24, 2.45) is 11.1 Å². The highest BCUT2D eigenvalue weighted by atomic mass is 16.5. The van der Waals surface area contributed by atoms with Gasteiger partial charge in [0.2, 0.25) is 11.8 Å². The number of primary amides is 1. The summed E-state index contributed by atoms with van der Waals surface area (Å²) in [4.78, 5) is 33.2. The molecule has 1 aliphatic carbocycles. The number of amides is 2. The molecule has 0 radical (unpaired) electrons. The van der Waals surface area contributed by atoms with Gasteiger partial charge in [-0.05, 0) is 18.3 Å². The van der Waals surface area contributed by atoms with Gasteiger partial charge in [0.25, 0.3) is 0 Å². The minimum atomic E-state index is -0.857. The van der Waals surface area contributed by atoms with Crippen molar-refractivity contribution in [3.63, 3.8) is 0 Å². The van der Waals surface area contributed by atoms with Crippen LogP contribution in [0.25, 0.3) is 0 Å². The predicted molar refractivity (Wildman–Crippen MR) is 70.8 cm³/mol. The van der Waals surface area contributed by atoms with E-state index in [1.54, 1.807) is 0 Å². The zero-order valence-electron chi connectivity index (χ0n) is 11.5. The van der Waals surface area contributed by atoms with Crippen LogP contribution in [0.2, 0.25) is 0 Å². The van der Waals surface area contributed by atoms with Gasteiger partial charge in [0.15, 0.2) is 0 Å². The maximum absolute atomic E-state index is 11.8. The van der Waals surface area contributed by atoms with Gasteiger partial charge in [-0.1, -0.05) is 12.8 Å². The van der Waals surface area contributed by atoms with Crippen LogP contribution in [0.1, 0.15) is 38.5 Å². The molecule has 4 N–H and O–H groups in total. The average molecular weight is 286 g/mol. The Morgan fingerprint density at radius 1 is 1.20 bits per heavy atom. The number of rotatable bonds is 9. The maximum atomic E-state index is 11.8. The van der Waals surface area contributed by atoms with Crippen molar-refractivity contribution < 1.29 is 24.2 Å². The molecule has 1 fully saturated rings. The Bertz CT molecular complexity index is 364. The van der Waals surface area contributed by atoms with Crippen LogP contribution in [-0.4, -0.2) is 42.6 Å². The van der Waals surface area contributed by atoms with Crippen molar-refractivity contribution in [1.29, 1.82) is 0 Å². The van der Waals surface area contributed by atoms with Crippen LogP contribution in [0.15, 0.2) is 0 Å². The minimum absolute atomic E-state index is 0.0403. The molecule has 0 heterocycles. The van der Waals surface area contributed by atoms with Gasteiger partial charge in [0.1, 0.15) is 6.61 Å². The monoisotopic (exact) mass is 286 g/mol. The second-order valence-electron chi connectivity index (χ2n) is 5.32. The lowest BCUT2D eigenvalue weighted by Crippen LogP contribution is -2.34. The Kier molecular flexibility index (Phi) is 6.44.